The zero-order valence-electron chi connectivity index (χ0n) is 20.6. The smallest absolute Gasteiger partial charge is 0.526 e. The Morgan fingerprint density at radius 3 is 2.67 bits per heavy atom. The summed E-state index contributed by atoms with van der Waals surface area (Å²) in [6, 6.07) is 7.06. The summed E-state index contributed by atoms with van der Waals surface area (Å²) in [5.41, 5.74) is 2.96. The molecule has 1 fully saturated rings. The van der Waals surface area contributed by atoms with Crippen LogP contribution < -0.4 is 9.97 Å². The van der Waals surface area contributed by atoms with Crippen molar-refractivity contribution in [2.24, 2.45) is 0 Å². The first-order valence-electron chi connectivity index (χ1n) is 12.0. The van der Waals surface area contributed by atoms with Gasteiger partial charge in [-0.05, 0) is 49.9 Å². The van der Waals surface area contributed by atoms with Gasteiger partial charge in [-0.15, -0.1) is 0 Å². The first-order valence-corrected chi connectivity index (χ1v) is 12.0. The molecule has 0 spiro atoms. The number of aryl methyl sites for hydroxylation is 2. The van der Waals surface area contributed by atoms with Crippen molar-refractivity contribution in [3.05, 3.63) is 58.9 Å². The maximum atomic E-state index is 13.5. The van der Waals surface area contributed by atoms with Crippen molar-refractivity contribution >= 4 is 30.7 Å². The molecule has 0 radical (unpaired) electrons. The van der Waals surface area contributed by atoms with Gasteiger partial charge in [-0.1, -0.05) is 24.3 Å². The number of carbonyl (C=O) groups is 4. The quantitative estimate of drug-likeness (QED) is 0.463. The number of Topliss-reactive ketones (excluding diaryl/α,β-unsaturated/α-hetero) is 1. The molecule has 2 atom stereocenters. The highest BCUT2D eigenvalue weighted by Gasteiger charge is 2.40. The number of nitrogens with one attached hydrogen (secondary N) is 1. The molecule has 36 heavy (non-hydrogen) atoms. The molecule has 1 aromatic heterocycles. The van der Waals surface area contributed by atoms with Gasteiger partial charge in [-0.2, -0.15) is 0 Å². The summed E-state index contributed by atoms with van der Waals surface area (Å²) >= 11 is 0. The largest absolute Gasteiger partial charge is 0.536 e. The van der Waals surface area contributed by atoms with Gasteiger partial charge in [-0.25, -0.2) is 4.79 Å². The van der Waals surface area contributed by atoms with Crippen molar-refractivity contribution in [2.75, 3.05) is 19.6 Å². The van der Waals surface area contributed by atoms with Crippen molar-refractivity contribution in [1.29, 1.82) is 0 Å². The Kier molecular flexibility index (Phi) is 7.39. The van der Waals surface area contributed by atoms with Gasteiger partial charge in [-0.3, -0.25) is 24.3 Å². The second-order valence-corrected chi connectivity index (χ2v) is 9.19. The highest BCUT2D eigenvalue weighted by Crippen LogP contribution is 2.36. The Labute approximate surface area is 209 Å². The lowest BCUT2D eigenvalue weighted by Gasteiger charge is -2.33. The third-order valence-corrected chi connectivity index (χ3v) is 6.64. The van der Waals surface area contributed by atoms with Crippen LogP contribution in [0.4, 0.5) is 4.79 Å². The molecule has 188 valence electrons. The molecule has 4 rings (SSSR count). The van der Waals surface area contributed by atoms with E-state index < -0.39 is 42.6 Å². The Bertz CT molecular complexity index is 1190. The minimum Gasteiger partial charge on any atom is -0.536 e. The van der Waals surface area contributed by atoms with E-state index in [4.69, 9.17) is 4.65 Å². The fourth-order valence-electron chi connectivity index (χ4n) is 4.53. The van der Waals surface area contributed by atoms with Crippen LogP contribution >= 0.6 is 0 Å². The molecule has 10 nitrogen and oxygen atoms in total. The van der Waals surface area contributed by atoms with Crippen molar-refractivity contribution in [1.82, 2.24) is 20.1 Å². The number of hydrogen-bond donors (Lipinski definition) is 2. The van der Waals surface area contributed by atoms with E-state index in [-0.39, 0.29) is 19.5 Å². The van der Waals surface area contributed by atoms with E-state index in [2.05, 4.69) is 10.3 Å². The second-order valence-electron chi connectivity index (χ2n) is 9.19. The molecule has 0 saturated carbocycles. The van der Waals surface area contributed by atoms with Gasteiger partial charge in [0.05, 0.1) is 5.69 Å². The molecule has 1 aromatic carbocycles. The van der Waals surface area contributed by atoms with E-state index in [1.807, 2.05) is 32.0 Å². The highest BCUT2D eigenvalue weighted by molar-refractivity contribution is 6.46. The van der Waals surface area contributed by atoms with Crippen molar-refractivity contribution in [2.45, 2.75) is 45.5 Å². The van der Waals surface area contributed by atoms with E-state index in [0.29, 0.717) is 24.4 Å². The first kappa shape index (κ1) is 25.4. The van der Waals surface area contributed by atoms with Crippen LogP contribution in [0.5, 0.6) is 5.75 Å². The van der Waals surface area contributed by atoms with E-state index >= 15 is 0 Å². The molecule has 0 bridgehead atoms. The SMILES string of the molecule is CCN1CCN(C(=O)NC(C(=O)C[C@H]2Cc3cccc(C)c3OB2O)c2ccc(C)cn2)C(=O)C1=O. The third-order valence-electron chi connectivity index (χ3n) is 6.64. The Hall–Kier alpha value is -3.73. The summed E-state index contributed by atoms with van der Waals surface area (Å²) < 4.78 is 5.71. The zero-order chi connectivity index (χ0) is 26.0. The number of amides is 4. The first-order chi connectivity index (χ1) is 17.2. The molecule has 4 amide bonds. The molecule has 2 aliphatic heterocycles. The summed E-state index contributed by atoms with van der Waals surface area (Å²) in [6.07, 6.45) is 1.91. The minimum absolute atomic E-state index is 0.0256. The number of ketones is 1. The average molecular weight is 492 g/mol. The normalized spacial score (nSPS) is 18.4. The van der Waals surface area contributed by atoms with Gasteiger partial charge in [0.2, 0.25) is 0 Å². The van der Waals surface area contributed by atoms with Crippen LogP contribution in [0.25, 0.3) is 0 Å². The van der Waals surface area contributed by atoms with E-state index in [9.17, 15) is 24.2 Å². The molecule has 1 saturated heterocycles. The Morgan fingerprint density at radius 1 is 1.19 bits per heavy atom. The van der Waals surface area contributed by atoms with Crippen LogP contribution in [0.2, 0.25) is 5.82 Å². The standard InChI is InChI=1S/C25H29BN4O6/c1-4-29-10-11-30(24(33)23(29)32)25(34)28-21(19-9-8-15(2)14-27-19)20(31)13-18-12-17-7-5-6-16(3)22(17)36-26(18)35/h5-9,14,18,21,35H,4,10-13H2,1-3H3,(H,28,34)/t18-,21?/m1/s1. The number of carbonyl (C=O) groups excluding carboxylic acids is 4. The van der Waals surface area contributed by atoms with Crippen LogP contribution in [0, 0.1) is 13.8 Å². The van der Waals surface area contributed by atoms with Gasteiger partial charge in [0.25, 0.3) is 0 Å². The molecule has 3 heterocycles. The number of rotatable bonds is 6. The van der Waals surface area contributed by atoms with Crippen LogP contribution in [0.15, 0.2) is 36.5 Å². The number of urea groups is 1. The van der Waals surface area contributed by atoms with E-state index in [1.54, 1.807) is 25.3 Å². The number of fused-ring (bicyclic) bond motifs is 1. The summed E-state index contributed by atoms with van der Waals surface area (Å²) in [6.45, 7) is 6.10. The Morgan fingerprint density at radius 2 is 1.97 bits per heavy atom. The summed E-state index contributed by atoms with van der Waals surface area (Å²) in [5.74, 6) is -2.01. The number of hydrogen-bond acceptors (Lipinski definition) is 7. The van der Waals surface area contributed by atoms with Gasteiger partial charge in [0, 0.05) is 38.1 Å². The van der Waals surface area contributed by atoms with Crippen LogP contribution in [0.3, 0.4) is 0 Å². The summed E-state index contributed by atoms with van der Waals surface area (Å²) in [5, 5.41) is 13.2. The lowest BCUT2D eigenvalue weighted by molar-refractivity contribution is -0.153. The zero-order valence-corrected chi connectivity index (χ0v) is 20.6. The van der Waals surface area contributed by atoms with E-state index in [1.165, 1.54) is 4.90 Å². The highest BCUT2D eigenvalue weighted by atomic mass is 16.5. The lowest BCUT2D eigenvalue weighted by Crippen LogP contribution is -2.58. The fraction of sp³-hybridized carbons (Fsp3) is 0.400. The van der Waals surface area contributed by atoms with Crippen LogP contribution in [-0.4, -0.2) is 70.2 Å². The molecule has 0 aliphatic carbocycles. The minimum atomic E-state index is -1.19. The molecule has 11 heteroatoms. The van der Waals surface area contributed by atoms with E-state index in [0.717, 1.165) is 21.6 Å². The topological polar surface area (TPSA) is 129 Å². The Balaban J connectivity index is 1.53. The molecular formula is C25H29BN4O6. The van der Waals surface area contributed by atoms with Gasteiger partial charge in [0.15, 0.2) is 5.78 Å². The van der Waals surface area contributed by atoms with Crippen molar-refractivity contribution in [3.8, 4) is 5.75 Å². The third kappa shape index (κ3) is 5.11. The number of benzene rings is 1. The number of nitrogens with zero attached hydrogens (tertiary/aromatic N) is 3. The molecular weight excluding hydrogens is 463 g/mol. The number of pyridine rings is 1. The van der Waals surface area contributed by atoms with Crippen LogP contribution in [0.1, 0.15) is 41.8 Å². The average Bonchev–Trinajstić information content (AvgIpc) is 2.85. The molecule has 2 aromatic rings. The number of para-hydroxylation sites is 1. The maximum Gasteiger partial charge on any atom is 0.526 e. The predicted octanol–water partition coefficient (Wildman–Crippen LogP) is 1.58. The van der Waals surface area contributed by atoms with Gasteiger partial charge < -0.3 is 19.9 Å². The monoisotopic (exact) mass is 492 g/mol. The molecule has 2 aliphatic rings. The molecule has 2 N–H and O–H groups in total. The number of aromatic nitrogens is 1. The number of piperazine rings is 1. The predicted molar refractivity (Wildman–Crippen MR) is 131 cm³/mol. The maximum absolute atomic E-state index is 13.5. The fourth-order valence-corrected chi connectivity index (χ4v) is 4.53. The van der Waals surface area contributed by atoms with Gasteiger partial charge in [0.1, 0.15) is 11.8 Å². The van der Waals surface area contributed by atoms with Crippen molar-refractivity contribution < 1.29 is 28.9 Å². The molecule has 1 unspecified atom stereocenters. The van der Waals surface area contributed by atoms with Crippen LogP contribution in [-0.2, 0) is 20.8 Å². The summed E-state index contributed by atoms with van der Waals surface area (Å²) in [4.78, 5) is 57.8. The lowest BCUT2D eigenvalue weighted by atomic mass is 9.64. The second kappa shape index (κ2) is 10.5. The van der Waals surface area contributed by atoms with Gasteiger partial charge >= 0.3 is 25.0 Å². The summed E-state index contributed by atoms with van der Waals surface area (Å²) in [7, 11) is -1.19. The van der Waals surface area contributed by atoms with Crippen molar-refractivity contribution in [3.63, 3.8) is 0 Å². The number of likely N-dealkylation sites (N-methyl/N-ethyl adjacent to an activating group) is 1. The number of imide groups is 1.